The van der Waals surface area contributed by atoms with E-state index in [4.69, 9.17) is 4.74 Å². The van der Waals surface area contributed by atoms with Crippen LogP contribution < -0.4 is 9.62 Å². The lowest BCUT2D eigenvalue weighted by atomic mass is 10.1. The number of halogens is 3. The molecule has 0 saturated carbocycles. The Kier molecular flexibility index (Phi) is 7.63. The molecule has 0 aliphatic rings. The zero-order valence-electron chi connectivity index (χ0n) is 18.5. The van der Waals surface area contributed by atoms with E-state index in [0.29, 0.717) is 27.7 Å². The number of hydrogen-bond acceptors (Lipinski definition) is 4. The molecule has 0 saturated heterocycles. The molecule has 0 aliphatic heterocycles. The molecule has 3 aromatic carbocycles. The molecule has 0 spiro atoms. The second kappa shape index (κ2) is 10.3. The fourth-order valence-electron chi connectivity index (χ4n) is 3.35. The normalized spacial score (nSPS) is 11.8. The molecule has 34 heavy (non-hydrogen) atoms. The Labute approximate surface area is 196 Å². The van der Waals surface area contributed by atoms with Crippen LogP contribution in [0.3, 0.4) is 0 Å². The lowest BCUT2D eigenvalue weighted by molar-refractivity contribution is -0.137. The van der Waals surface area contributed by atoms with Crippen LogP contribution in [0.2, 0.25) is 0 Å². The summed E-state index contributed by atoms with van der Waals surface area (Å²) in [5.41, 5.74) is 0.678. The van der Waals surface area contributed by atoms with Crippen molar-refractivity contribution in [3.05, 3.63) is 95.1 Å². The minimum absolute atomic E-state index is 0.308. The molecule has 1 amide bonds. The zero-order valence-corrected chi connectivity index (χ0v) is 19.3. The van der Waals surface area contributed by atoms with Crippen molar-refractivity contribution >= 4 is 27.3 Å². The molecule has 0 unspecified atom stereocenters. The molecular weight excluding hydrogens is 469 g/mol. The van der Waals surface area contributed by atoms with Gasteiger partial charge in [-0.2, -0.15) is 13.2 Å². The molecule has 3 aromatic rings. The van der Waals surface area contributed by atoms with Gasteiger partial charge in [0.15, 0.2) is 0 Å². The van der Waals surface area contributed by atoms with Gasteiger partial charge in [0.2, 0.25) is 10.0 Å². The molecule has 0 radical (unpaired) electrons. The average molecular weight is 493 g/mol. The molecule has 0 atom stereocenters. The first-order valence-electron chi connectivity index (χ1n) is 10.1. The number of amides is 1. The second-order valence-electron chi connectivity index (χ2n) is 7.57. The highest BCUT2D eigenvalue weighted by atomic mass is 32.2. The van der Waals surface area contributed by atoms with Gasteiger partial charge in [0, 0.05) is 18.4 Å². The summed E-state index contributed by atoms with van der Waals surface area (Å²) in [6.07, 6.45) is -3.87. The number of benzene rings is 3. The topological polar surface area (TPSA) is 75.7 Å². The van der Waals surface area contributed by atoms with Crippen LogP contribution in [-0.4, -0.2) is 27.7 Å². The summed E-state index contributed by atoms with van der Waals surface area (Å²) >= 11 is 0. The number of para-hydroxylation sites is 1. The summed E-state index contributed by atoms with van der Waals surface area (Å²) in [4.78, 5) is 12.6. The van der Waals surface area contributed by atoms with Gasteiger partial charge in [-0.25, -0.2) is 8.42 Å². The number of sulfonamides is 1. The van der Waals surface area contributed by atoms with Crippen molar-refractivity contribution in [1.82, 2.24) is 0 Å². The molecule has 0 aromatic heterocycles. The van der Waals surface area contributed by atoms with Crippen LogP contribution in [0.1, 0.15) is 27.0 Å². The SMILES string of the molecule is COCc1cccc(NC(=O)c2ccc(CN(c3ccccc3C(F)(F)F)S(C)(=O)=O)cc2)c1. The third-order valence-electron chi connectivity index (χ3n) is 4.92. The predicted octanol–water partition coefficient (Wildman–Crippen LogP) is 5.07. The Morgan fingerprint density at radius 3 is 2.26 bits per heavy atom. The monoisotopic (exact) mass is 492 g/mol. The number of alkyl halides is 3. The highest BCUT2D eigenvalue weighted by Gasteiger charge is 2.36. The number of rotatable bonds is 8. The first kappa shape index (κ1) is 25.3. The fraction of sp³-hybridized carbons (Fsp3) is 0.208. The maximum absolute atomic E-state index is 13.5. The summed E-state index contributed by atoms with van der Waals surface area (Å²) < 4.78 is 70.8. The van der Waals surface area contributed by atoms with Crippen LogP contribution in [0.5, 0.6) is 0 Å². The Bertz CT molecular complexity index is 1260. The summed E-state index contributed by atoms with van der Waals surface area (Å²) in [6, 6.07) is 17.6. The summed E-state index contributed by atoms with van der Waals surface area (Å²) in [5.74, 6) is -0.386. The van der Waals surface area contributed by atoms with Gasteiger partial charge < -0.3 is 10.1 Å². The van der Waals surface area contributed by atoms with E-state index in [1.54, 1.807) is 25.3 Å². The van der Waals surface area contributed by atoms with Gasteiger partial charge in [0.1, 0.15) is 0 Å². The van der Waals surface area contributed by atoms with E-state index in [1.165, 1.54) is 36.4 Å². The van der Waals surface area contributed by atoms with Gasteiger partial charge in [-0.1, -0.05) is 36.4 Å². The molecule has 0 bridgehead atoms. The van der Waals surface area contributed by atoms with Gasteiger partial charge in [-0.3, -0.25) is 9.10 Å². The number of methoxy groups -OCH3 is 1. The average Bonchev–Trinajstić information content (AvgIpc) is 2.77. The molecule has 6 nitrogen and oxygen atoms in total. The molecule has 0 heterocycles. The summed E-state index contributed by atoms with van der Waals surface area (Å²) in [6.45, 7) is 0.0690. The van der Waals surface area contributed by atoms with Crippen LogP contribution >= 0.6 is 0 Å². The quantitative estimate of drug-likeness (QED) is 0.476. The van der Waals surface area contributed by atoms with Crippen molar-refractivity contribution in [2.75, 3.05) is 23.0 Å². The van der Waals surface area contributed by atoms with Crippen molar-refractivity contribution in [3.63, 3.8) is 0 Å². The lowest BCUT2D eigenvalue weighted by Gasteiger charge is -2.25. The number of nitrogens with one attached hydrogen (secondary N) is 1. The smallest absolute Gasteiger partial charge is 0.380 e. The standard InChI is InChI=1S/C24H23F3N2O4S/c1-33-16-18-6-5-7-20(14-18)28-23(30)19-12-10-17(11-13-19)15-29(34(2,31)32)22-9-4-3-8-21(22)24(25,26)27/h3-14H,15-16H2,1-2H3,(H,28,30). The van der Waals surface area contributed by atoms with Crippen LogP contribution in [0.25, 0.3) is 0 Å². The van der Waals surface area contributed by atoms with Gasteiger partial charge >= 0.3 is 6.18 Å². The minimum atomic E-state index is -4.72. The van der Waals surface area contributed by atoms with Crippen LogP contribution in [-0.2, 0) is 34.1 Å². The van der Waals surface area contributed by atoms with Gasteiger partial charge in [0.25, 0.3) is 5.91 Å². The molecule has 3 rings (SSSR count). The number of carbonyl (C=O) groups excluding carboxylic acids is 1. The van der Waals surface area contributed by atoms with Crippen LogP contribution in [0.15, 0.2) is 72.8 Å². The van der Waals surface area contributed by atoms with E-state index in [0.717, 1.165) is 24.0 Å². The zero-order chi connectivity index (χ0) is 24.9. The highest BCUT2D eigenvalue weighted by Crippen LogP contribution is 2.37. The van der Waals surface area contributed by atoms with Crippen LogP contribution in [0, 0.1) is 0 Å². The molecule has 0 aliphatic carbocycles. The van der Waals surface area contributed by atoms with Crippen molar-refractivity contribution in [2.45, 2.75) is 19.3 Å². The predicted molar refractivity (Wildman–Crippen MR) is 124 cm³/mol. The summed E-state index contributed by atoms with van der Waals surface area (Å²) in [5, 5.41) is 2.77. The molecule has 10 heteroatoms. The summed E-state index contributed by atoms with van der Waals surface area (Å²) in [7, 11) is -2.46. The second-order valence-corrected chi connectivity index (χ2v) is 9.48. The first-order valence-corrected chi connectivity index (χ1v) is 12.0. The maximum atomic E-state index is 13.5. The van der Waals surface area contributed by atoms with E-state index in [-0.39, 0.29) is 12.5 Å². The van der Waals surface area contributed by atoms with E-state index in [2.05, 4.69) is 5.32 Å². The van der Waals surface area contributed by atoms with E-state index in [1.807, 2.05) is 6.07 Å². The highest BCUT2D eigenvalue weighted by molar-refractivity contribution is 7.92. The Morgan fingerprint density at radius 1 is 0.971 bits per heavy atom. The molecular formula is C24H23F3N2O4S. The lowest BCUT2D eigenvalue weighted by Crippen LogP contribution is -2.31. The van der Waals surface area contributed by atoms with Crippen molar-refractivity contribution in [2.24, 2.45) is 0 Å². The maximum Gasteiger partial charge on any atom is 0.418 e. The third kappa shape index (κ3) is 6.36. The Morgan fingerprint density at radius 2 is 1.65 bits per heavy atom. The van der Waals surface area contributed by atoms with Crippen molar-refractivity contribution < 1.29 is 31.1 Å². The largest absolute Gasteiger partial charge is 0.418 e. The Hall–Kier alpha value is -3.37. The van der Waals surface area contributed by atoms with Gasteiger partial charge in [-0.15, -0.1) is 0 Å². The molecule has 180 valence electrons. The molecule has 0 fully saturated rings. The van der Waals surface area contributed by atoms with E-state index < -0.39 is 27.5 Å². The van der Waals surface area contributed by atoms with Crippen molar-refractivity contribution in [3.8, 4) is 0 Å². The number of nitrogens with zero attached hydrogens (tertiary/aromatic N) is 1. The number of hydrogen-bond donors (Lipinski definition) is 1. The minimum Gasteiger partial charge on any atom is -0.380 e. The fourth-order valence-corrected chi connectivity index (χ4v) is 4.25. The van der Waals surface area contributed by atoms with Crippen LogP contribution in [0.4, 0.5) is 24.5 Å². The van der Waals surface area contributed by atoms with E-state index >= 15 is 0 Å². The number of ether oxygens (including phenoxy) is 1. The van der Waals surface area contributed by atoms with Crippen molar-refractivity contribution in [1.29, 1.82) is 0 Å². The number of anilines is 2. The van der Waals surface area contributed by atoms with E-state index in [9.17, 15) is 26.4 Å². The Balaban J connectivity index is 1.81. The third-order valence-corrected chi connectivity index (χ3v) is 6.04. The number of carbonyl (C=O) groups is 1. The molecule has 1 N–H and O–H groups in total. The van der Waals surface area contributed by atoms with Gasteiger partial charge in [-0.05, 0) is 47.5 Å². The van der Waals surface area contributed by atoms with Gasteiger partial charge in [0.05, 0.1) is 30.7 Å². The first-order chi connectivity index (χ1) is 16.0.